The van der Waals surface area contributed by atoms with Gasteiger partial charge in [-0.25, -0.2) is 0 Å². The van der Waals surface area contributed by atoms with Gasteiger partial charge in [0.2, 0.25) is 0 Å². The fourth-order valence-electron chi connectivity index (χ4n) is 3.86. The average Bonchev–Trinajstić information content (AvgIpc) is 3.04. The third kappa shape index (κ3) is 3.29. The summed E-state index contributed by atoms with van der Waals surface area (Å²) >= 11 is 5.48. The second-order valence-electron chi connectivity index (χ2n) is 6.42. The fourth-order valence-corrected chi connectivity index (χ4v) is 5.37. The van der Waals surface area contributed by atoms with E-state index in [1.54, 1.807) is 0 Å². The zero-order valence-corrected chi connectivity index (χ0v) is 14.7. The minimum atomic E-state index is 0.429. The second-order valence-corrected chi connectivity index (χ2v) is 8.97. The van der Waals surface area contributed by atoms with Gasteiger partial charge in [0.05, 0.1) is 3.79 Å². The Hall–Kier alpha value is 0.1000. The van der Waals surface area contributed by atoms with Crippen LogP contribution in [-0.2, 0) is 6.54 Å². The van der Waals surface area contributed by atoms with E-state index >= 15 is 0 Å². The van der Waals surface area contributed by atoms with Gasteiger partial charge in [-0.2, -0.15) is 0 Å². The lowest BCUT2D eigenvalue weighted by Gasteiger charge is -2.46. The van der Waals surface area contributed by atoms with E-state index in [2.05, 4.69) is 45.2 Å². The highest BCUT2D eigenvalue weighted by molar-refractivity contribution is 9.11. The predicted molar refractivity (Wildman–Crippen MR) is 90.3 cm³/mol. The number of hydrogen-bond donors (Lipinski definition) is 1. The van der Waals surface area contributed by atoms with Gasteiger partial charge in [0.1, 0.15) is 0 Å². The minimum absolute atomic E-state index is 0.429. The van der Waals surface area contributed by atoms with Gasteiger partial charge in [0.25, 0.3) is 0 Å². The molecule has 20 heavy (non-hydrogen) atoms. The number of thiophene rings is 1. The Kier molecular flexibility index (Phi) is 4.86. The number of nitrogens with zero attached hydrogens (tertiary/aromatic N) is 1. The van der Waals surface area contributed by atoms with Crippen LogP contribution in [0.15, 0.2) is 15.9 Å². The first kappa shape index (κ1) is 15.0. The molecule has 4 heteroatoms. The molecule has 0 aromatic carbocycles. The van der Waals surface area contributed by atoms with Crippen molar-refractivity contribution in [1.29, 1.82) is 0 Å². The molecular formula is C16H25BrN2S. The number of hydrogen-bond acceptors (Lipinski definition) is 3. The smallest absolute Gasteiger partial charge is 0.0701 e. The average molecular weight is 357 g/mol. The molecule has 1 aliphatic heterocycles. The van der Waals surface area contributed by atoms with Crippen LogP contribution < -0.4 is 5.32 Å². The van der Waals surface area contributed by atoms with E-state index in [-0.39, 0.29) is 0 Å². The standard InChI is InChI=1S/C16H25BrN2S/c1-2-5-13-10-18-16(8-3-4-9-16)12-19(13)11-14-6-7-15(17)20-14/h6-7,13,18H,2-5,8-12H2,1H3. The molecule has 1 aliphatic carbocycles. The topological polar surface area (TPSA) is 15.3 Å². The summed E-state index contributed by atoms with van der Waals surface area (Å²) in [5.74, 6) is 0. The second kappa shape index (κ2) is 6.47. The van der Waals surface area contributed by atoms with Gasteiger partial charge in [-0.05, 0) is 47.3 Å². The van der Waals surface area contributed by atoms with Gasteiger partial charge >= 0.3 is 0 Å². The normalized spacial score (nSPS) is 26.4. The van der Waals surface area contributed by atoms with E-state index in [0.29, 0.717) is 11.6 Å². The van der Waals surface area contributed by atoms with Crippen molar-refractivity contribution in [2.75, 3.05) is 13.1 Å². The van der Waals surface area contributed by atoms with Crippen LogP contribution in [0.1, 0.15) is 50.3 Å². The monoisotopic (exact) mass is 356 g/mol. The molecule has 1 saturated heterocycles. The lowest BCUT2D eigenvalue weighted by atomic mass is 9.91. The maximum absolute atomic E-state index is 3.90. The molecule has 1 N–H and O–H groups in total. The summed E-state index contributed by atoms with van der Waals surface area (Å²) in [6.07, 6.45) is 8.15. The zero-order valence-electron chi connectivity index (χ0n) is 12.3. The molecule has 1 spiro atoms. The molecule has 2 heterocycles. The molecule has 1 atom stereocenters. The fraction of sp³-hybridized carbons (Fsp3) is 0.750. The minimum Gasteiger partial charge on any atom is -0.308 e. The summed E-state index contributed by atoms with van der Waals surface area (Å²) in [4.78, 5) is 4.25. The van der Waals surface area contributed by atoms with Gasteiger partial charge in [-0.1, -0.05) is 26.2 Å². The Bertz CT molecular complexity index is 439. The van der Waals surface area contributed by atoms with E-state index in [1.807, 2.05) is 11.3 Å². The van der Waals surface area contributed by atoms with Crippen LogP contribution in [0.4, 0.5) is 0 Å². The molecule has 0 amide bonds. The third-order valence-electron chi connectivity index (χ3n) is 4.91. The number of halogens is 1. The lowest BCUT2D eigenvalue weighted by Crippen LogP contribution is -2.62. The van der Waals surface area contributed by atoms with Crippen molar-refractivity contribution in [2.45, 2.75) is 63.6 Å². The first-order valence-electron chi connectivity index (χ1n) is 7.94. The molecule has 112 valence electrons. The molecule has 3 rings (SSSR count). The van der Waals surface area contributed by atoms with Crippen LogP contribution in [0.2, 0.25) is 0 Å². The Morgan fingerprint density at radius 1 is 1.40 bits per heavy atom. The molecule has 2 nitrogen and oxygen atoms in total. The Morgan fingerprint density at radius 2 is 2.20 bits per heavy atom. The predicted octanol–water partition coefficient (Wildman–Crippen LogP) is 4.40. The molecule has 1 unspecified atom stereocenters. The highest BCUT2D eigenvalue weighted by atomic mass is 79.9. The van der Waals surface area contributed by atoms with Crippen molar-refractivity contribution >= 4 is 27.3 Å². The zero-order chi connectivity index (χ0) is 14.0. The van der Waals surface area contributed by atoms with Crippen molar-refractivity contribution in [3.05, 3.63) is 20.8 Å². The molecule has 1 aromatic heterocycles. The summed E-state index contributed by atoms with van der Waals surface area (Å²) in [5.41, 5.74) is 0.429. The molecule has 2 aliphatic rings. The largest absolute Gasteiger partial charge is 0.308 e. The van der Waals surface area contributed by atoms with Gasteiger partial charge in [0.15, 0.2) is 0 Å². The van der Waals surface area contributed by atoms with Gasteiger partial charge in [0, 0.05) is 36.1 Å². The van der Waals surface area contributed by atoms with Crippen LogP contribution in [-0.4, -0.2) is 29.6 Å². The van der Waals surface area contributed by atoms with Crippen LogP contribution in [0.25, 0.3) is 0 Å². The van der Waals surface area contributed by atoms with Crippen molar-refractivity contribution in [1.82, 2.24) is 10.2 Å². The number of piperazine rings is 1. The molecule has 2 fully saturated rings. The lowest BCUT2D eigenvalue weighted by molar-refractivity contribution is 0.0698. The van der Waals surface area contributed by atoms with Crippen LogP contribution in [0.3, 0.4) is 0 Å². The van der Waals surface area contributed by atoms with Gasteiger partial charge in [-0.15, -0.1) is 11.3 Å². The maximum Gasteiger partial charge on any atom is 0.0701 e. The van der Waals surface area contributed by atoms with Crippen molar-refractivity contribution in [3.63, 3.8) is 0 Å². The van der Waals surface area contributed by atoms with Crippen molar-refractivity contribution in [2.24, 2.45) is 0 Å². The summed E-state index contributed by atoms with van der Waals surface area (Å²) in [7, 11) is 0. The van der Waals surface area contributed by atoms with Crippen LogP contribution in [0, 0.1) is 0 Å². The molecule has 1 saturated carbocycles. The molecule has 1 aromatic rings. The highest BCUT2D eigenvalue weighted by Gasteiger charge is 2.40. The van der Waals surface area contributed by atoms with Gasteiger partial charge < -0.3 is 5.32 Å². The summed E-state index contributed by atoms with van der Waals surface area (Å²) < 4.78 is 1.25. The molecule has 0 radical (unpaired) electrons. The Balaban J connectivity index is 1.71. The summed E-state index contributed by atoms with van der Waals surface area (Å²) in [6.45, 7) is 5.86. The number of rotatable bonds is 4. The Labute approximate surface area is 135 Å². The maximum atomic E-state index is 3.90. The van der Waals surface area contributed by atoms with E-state index in [0.717, 1.165) is 6.54 Å². The quantitative estimate of drug-likeness (QED) is 0.859. The highest BCUT2D eigenvalue weighted by Crippen LogP contribution is 2.35. The van der Waals surface area contributed by atoms with E-state index in [1.165, 1.54) is 60.3 Å². The first-order chi connectivity index (χ1) is 9.71. The Morgan fingerprint density at radius 3 is 2.85 bits per heavy atom. The SMILES string of the molecule is CCCC1CNC2(CCCC2)CN1Cc1ccc(Br)s1. The van der Waals surface area contributed by atoms with E-state index < -0.39 is 0 Å². The molecular weight excluding hydrogens is 332 g/mol. The van der Waals surface area contributed by atoms with Gasteiger partial charge in [-0.3, -0.25) is 4.90 Å². The first-order valence-corrected chi connectivity index (χ1v) is 9.55. The molecule has 0 bridgehead atoms. The van der Waals surface area contributed by atoms with Crippen LogP contribution in [0.5, 0.6) is 0 Å². The van der Waals surface area contributed by atoms with Crippen LogP contribution >= 0.6 is 27.3 Å². The van der Waals surface area contributed by atoms with E-state index in [4.69, 9.17) is 0 Å². The number of nitrogens with one attached hydrogen (secondary N) is 1. The van der Waals surface area contributed by atoms with Crippen molar-refractivity contribution < 1.29 is 0 Å². The summed E-state index contributed by atoms with van der Waals surface area (Å²) in [5, 5.41) is 3.90. The van der Waals surface area contributed by atoms with Crippen molar-refractivity contribution in [3.8, 4) is 0 Å². The summed E-state index contributed by atoms with van der Waals surface area (Å²) in [6, 6.07) is 5.18. The third-order valence-corrected chi connectivity index (χ3v) is 6.51. The van der Waals surface area contributed by atoms with E-state index in [9.17, 15) is 0 Å².